The molecule has 3 rings (SSSR count). The van der Waals surface area contributed by atoms with Crippen LogP contribution in [0.3, 0.4) is 0 Å². The van der Waals surface area contributed by atoms with Crippen LogP contribution in [0.15, 0.2) is 45.2 Å². The van der Waals surface area contributed by atoms with E-state index >= 15 is 0 Å². The van der Waals surface area contributed by atoms with Gasteiger partial charge in [-0.25, -0.2) is 9.36 Å². The highest BCUT2D eigenvalue weighted by Gasteiger charge is 2.40. The molecule has 2 aromatic rings. The SMILES string of the molecule is COC(=O)[C@H](N)Cc1ccc(OP(=O)(OCCS(=O)C(C)(C)C)OC[C@H]2O[C@@H](n3cc(C)c(=O)[nH]c3=O)C[C@@H]2N=[N+]=[N-])cc1. The Bertz CT molecular complexity index is 1550. The predicted octanol–water partition coefficient (Wildman–Crippen LogP) is 2.62. The molecule has 2 heterocycles. The lowest BCUT2D eigenvalue weighted by Gasteiger charge is -2.23. The van der Waals surface area contributed by atoms with Crippen LogP contribution in [-0.4, -0.2) is 68.7 Å². The summed E-state index contributed by atoms with van der Waals surface area (Å²) in [6.45, 7) is 6.25. The van der Waals surface area contributed by atoms with Crippen molar-refractivity contribution in [1.29, 1.82) is 0 Å². The van der Waals surface area contributed by atoms with Gasteiger partial charge in [-0.15, -0.1) is 0 Å². The summed E-state index contributed by atoms with van der Waals surface area (Å²) in [5.74, 6) is -0.421. The molecule has 1 aromatic heterocycles. The molecule has 0 aliphatic carbocycles. The smallest absolute Gasteiger partial charge is 0.468 e. The highest BCUT2D eigenvalue weighted by Crippen LogP contribution is 2.50. The maximum atomic E-state index is 13.8. The van der Waals surface area contributed by atoms with Gasteiger partial charge in [0.1, 0.15) is 18.0 Å². The predicted molar refractivity (Wildman–Crippen MR) is 161 cm³/mol. The van der Waals surface area contributed by atoms with E-state index in [1.807, 2.05) is 0 Å². The number of aryl methyl sites for hydroxylation is 1. The van der Waals surface area contributed by atoms with Crippen molar-refractivity contribution in [3.05, 3.63) is 72.9 Å². The van der Waals surface area contributed by atoms with E-state index in [-0.39, 0.29) is 36.5 Å². The lowest BCUT2D eigenvalue weighted by molar-refractivity contribution is -0.142. The molecule has 16 nitrogen and oxygen atoms in total. The van der Waals surface area contributed by atoms with Crippen LogP contribution in [-0.2, 0) is 45.1 Å². The van der Waals surface area contributed by atoms with E-state index in [0.29, 0.717) is 5.56 Å². The van der Waals surface area contributed by atoms with Gasteiger partial charge in [0.2, 0.25) is 0 Å². The molecule has 2 unspecified atom stereocenters. The molecule has 242 valence electrons. The normalized spacial score (nSPS) is 21.1. The molecule has 1 saturated heterocycles. The number of phosphoric acid groups is 1. The van der Waals surface area contributed by atoms with E-state index in [0.717, 1.165) is 0 Å². The number of nitrogens with zero attached hydrogens (tertiary/aromatic N) is 4. The molecule has 1 aromatic carbocycles. The summed E-state index contributed by atoms with van der Waals surface area (Å²) >= 11 is 0. The quantitative estimate of drug-likeness (QED) is 0.0987. The Labute approximate surface area is 255 Å². The number of hydrogen-bond donors (Lipinski definition) is 2. The second-order valence-corrected chi connectivity index (χ2v) is 14.8. The van der Waals surface area contributed by atoms with Gasteiger partial charge < -0.3 is 19.7 Å². The van der Waals surface area contributed by atoms with Crippen LogP contribution in [0.2, 0.25) is 0 Å². The number of carbonyl (C=O) groups excluding carboxylic acids is 1. The molecule has 0 amide bonds. The number of nitrogens with one attached hydrogen (secondary N) is 1. The number of H-pyrrole nitrogens is 1. The van der Waals surface area contributed by atoms with E-state index in [4.69, 9.17) is 29.6 Å². The van der Waals surface area contributed by atoms with E-state index in [2.05, 4.69) is 19.7 Å². The minimum atomic E-state index is -4.39. The van der Waals surface area contributed by atoms with Gasteiger partial charge in [-0.2, -0.15) is 0 Å². The number of ether oxygens (including phenoxy) is 2. The Morgan fingerprint density at radius 2 is 1.98 bits per heavy atom. The molecular formula is C26H37N6O10PS. The number of azide groups is 1. The van der Waals surface area contributed by atoms with Crippen LogP contribution >= 0.6 is 7.82 Å². The van der Waals surface area contributed by atoms with Crippen LogP contribution in [0.1, 0.15) is 44.5 Å². The van der Waals surface area contributed by atoms with Crippen LogP contribution in [0.25, 0.3) is 10.4 Å². The van der Waals surface area contributed by atoms with Crippen molar-refractivity contribution in [2.24, 2.45) is 10.8 Å². The highest BCUT2D eigenvalue weighted by molar-refractivity contribution is 7.86. The summed E-state index contributed by atoms with van der Waals surface area (Å²) in [4.78, 5) is 40.9. The summed E-state index contributed by atoms with van der Waals surface area (Å²) < 4.78 is 54.4. The zero-order valence-corrected chi connectivity index (χ0v) is 26.7. The number of carbonyl (C=O) groups is 1. The lowest BCUT2D eigenvalue weighted by Crippen LogP contribution is -2.33. The van der Waals surface area contributed by atoms with Crippen LogP contribution in [0.4, 0.5) is 0 Å². The second kappa shape index (κ2) is 15.1. The number of esters is 1. The molecule has 6 atom stereocenters. The topological polar surface area (TPSA) is 227 Å². The van der Waals surface area contributed by atoms with Crippen molar-refractivity contribution in [2.75, 3.05) is 26.1 Å². The Morgan fingerprint density at radius 1 is 1.30 bits per heavy atom. The van der Waals surface area contributed by atoms with Crippen molar-refractivity contribution >= 4 is 24.6 Å². The van der Waals surface area contributed by atoms with Gasteiger partial charge in [0.15, 0.2) is 0 Å². The first kappa shape index (κ1) is 35.2. The standard InChI is InChI=1S/C26H37N6O10PS/c1-16-14-32(25(35)29-23(16)33)22-13-20(30-31-28)21(41-22)15-40-43(36,39-10-11-44(37)26(2,3)4)42-18-8-6-17(7-9-18)12-19(27)24(34)38-5/h6-9,14,19-22H,10-13,15,27H2,1-5H3,(H,29,33,35)/t19-,20+,21-,22-,43?,44?/m1/s1. The lowest BCUT2D eigenvalue weighted by atomic mass is 10.1. The molecule has 44 heavy (non-hydrogen) atoms. The van der Waals surface area contributed by atoms with Crippen LogP contribution < -0.4 is 21.5 Å². The summed E-state index contributed by atoms with van der Waals surface area (Å²) in [6, 6.07) is 4.50. The van der Waals surface area contributed by atoms with Crippen LogP contribution in [0, 0.1) is 6.92 Å². The van der Waals surface area contributed by atoms with Gasteiger partial charge in [0.25, 0.3) is 5.56 Å². The maximum absolute atomic E-state index is 13.8. The highest BCUT2D eigenvalue weighted by atomic mass is 32.2. The molecule has 1 aliphatic rings. The van der Waals surface area contributed by atoms with Crippen molar-refractivity contribution in [1.82, 2.24) is 9.55 Å². The molecule has 0 radical (unpaired) electrons. The molecule has 1 aliphatic heterocycles. The molecule has 0 spiro atoms. The Kier molecular flexibility index (Phi) is 12.1. The van der Waals surface area contributed by atoms with Crippen molar-refractivity contribution < 1.29 is 36.6 Å². The molecule has 3 N–H and O–H groups in total. The Morgan fingerprint density at radius 3 is 2.59 bits per heavy atom. The number of aromatic amines is 1. The third-order valence-electron chi connectivity index (χ3n) is 6.56. The zero-order valence-electron chi connectivity index (χ0n) is 25.0. The van der Waals surface area contributed by atoms with Gasteiger partial charge >= 0.3 is 19.5 Å². The van der Waals surface area contributed by atoms with Crippen molar-refractivity contribution in [3.63, 3.8) is 0 Å². The molecule has 0 saturated carbocycles. The third-order valence-corrected chi connectivity index (χ3v) is 9.86. The van der Waals surface area contributed by atoms with E-state index in [9.17, 15) is 23.2 Å². The monoisotopic (exact) mass is 656 g/mol. The fraction of sp³-hybridized carbons (Fsp3) is 0.577. The van der Waals surface area contributed by atoms with Crippen molar-refractivity contribution in [2.45, 2.75) is 69.7 Å². The van der Waals surface area contributed by atoms with E-state index in [1.54, 1.807) is 32.9 Å². The van der Waals surface area contributed by atoms with E-state index < -0.39 is 71.6 Å². The maximum Gasteiger partial charge on any atom is 0.530 e. The molecule has 18 heteroatoms. The van der Waals surface area contributed by atoms with Gasteiger partial charge in [-0.05, 0) is 57.3 Å². The zero-order chi connectivity index (χ0) is 32.7. The number of nitrogens with two attached hydrogens (primary N) is 1. The Hall–Kier alpha value is -3.30. The minimum Gasteiger partial charge on any atom is -0.468 e. The number of rotatable bonds is 14. The summed E-state index contributed by atoms with van der Waals surface area (Å²) in [7, 11) is -4.47. The van der Waals surface area contributed by atoms with Crippen molar-refractivity contribution in [3.8, 4) is 5.75 Å². The average molecular weight is 657 g/mol. The number of benzene rings is 1. The molecular weight excluding hydrogens is 619 g/mol. The van der Waals surface area contributed by atoms with Gasteiger partial charge in [0, 0.05) is 44.4 Å². The number of phosphoric ester groups is 1. The number of methoxy groups -OCH3 is 1. The summed E-state index contributed by atoms with van der Waals surface area (Å²) in [5, 5.41) is 3.73. The molecule has 1 fully saturated rings. The van der Waals surface area contributed by atoms with E-state index in [1.165, 1.54) is 36.9 Å². The third kappa shape index (κ3) is 9.60. The number of aromatic nitrogens is 2. The average Bonchev–Trinajstić information content (AvgIpc) is 3.36. The second-order valence-electron chi connectivity index (χ2n) is 10.9. The fourth-order valence-electron chi connectivity index (χ4n) is 4.11. The van der Waals surface area contributed by atoms with Gasteiger partial charge in [-0.3, -0.25) is 32.4 Å². The Balaban J connectivity index is 1.78. The van der Waals surface area contributed by atoms with Gasteiger partial charge in [-0.1, -0.05) is 17.2 Å². The first-order valence-corrected chi connectivity index (χ1v) is 16.3. The number of hydrogen-bond acceptors (Lipinski definition) is 12. The van der Waals surface area contributed by atoms with Gasteiger partial charge in [0.05, 0.1) is 32.5 Å². The first-order chi connectivity index (χ1) is 20.7. The molecule has 0 bridgehead atoms. The summed E-state index contributed by atoms with van der Waals surface area (Å²) in [6.07, 6.45) is -0.302. The first-order valence-electron chi connectivity index (χ1n) is 13.6. The fourth-order valence-corrected chi connectivity index (χ4v) is 6.29. The minimum absolute atomic E-state index is 0.0440. The largest absolute Gasteiger partial charge is 0.530 e. The van der Waals surface area contributed by atoms with Crippen LogP contribution in [0.5, 0.6) is 5.75 Å². The summed E-state index contributed by atoms with van der Waals surface area (Å²) in [5.41, 5.74) is 14.6.